The number of hydrogen-bond donors (Lipinski definition) is 1. The minimum absolute atomic E-state index is 0.0955. The van der Waals surface area contributed by atoms with E-state index in [4.69, 9.17) is 9.84 Å². The summed E-state index contributed by atoms with van der Waals surface area (Å²) in [6, 6.07) is 16.3. The zero-order valence-electron chi connectivity index (χ0n) is 20.0. The molecule has 0 saturated heterocycles. The van der Waals surface area contributed by atoms with E-state index in [1.54, 1.807) is 12.1 Å². The number of carbonyl (C=O) groups is 1. The molecule has 1 N–H and O–H groups in total. The summed E-state index contributed by atoms with van der Waals surface area (Å²) in [6.07, 6.45) is 7.65. The Labute approximate surface area is 203 Å². The highest BCUT2D eigenvalue weighted by Crippen LogP contribution is 2.21. The summed E-state index contributed by atoms with van der Waals surface area (Å²) < 4.78 is 44.1. The maximum atomic E-state index is 13.3. The maximum Gasteiger partial charge on any atom is 0.303 e. The first-order valence-electron chi connectivity index (χ1n) is 12.0. The molecule has 0 aromatic heterocycles. The third kappa shape index (κ3) is 11.7. The topological polar surface area (TPSA) is 80.7 Å². The van der Waals surface area contributed by atoms with Gasteiger partial charge in [0.1, 0.15) is 15.7 Å². The third-order valence-electron chi connectivity index (χ3n) is 6.03. The van der Waals surface area contributed by atoms with E-state index in [0.29, 0.717) is 32.3 Å². The second-order valence-corrected chi connectivity index (χ2v) is 11.3. The molecule has 0 radical (unpaired) electrons. The van der Waals surface area contributed by atoms with Gasteiger partial charge in [-0.3, -0.25) is 4.79 Å². The zero-order chi connectivity index (χ0) is 24.8. The summed E-state index contributed by atoms with van der Waals surface area (Å²) in [7, 11) is -3.16. The smallest absolute Gasteiger partial charge is 0.303 e. The molecule has 2 atom stereocenters. The molecule has 0 heterocycles. The predicted octanol–water partition coefficient (Wildman–Crippen LogP) is 5.96. The Balaban J connectivity index is 1.87. The summed E-state index contributed by atoms with van der Waals surface area (Å²) in [5.74, 6) is -1.07. The van der Waals surface area contributed by atoms with E-state index < -0.39 is 21.1 Å². The number of benzene rings is 2. The number of hydrogen-bond acceptors (Lipinski definition) is 4. The summed E-state index contributed by atoms with van der Waals surface area (Å²) in [6.45, 7) is 0.471. The second-order valence-electron chi connectivity index (χ2n) is 8.98. The van der Waals surface area contributed by atoms with Gasteiger partial charge >= 0.3 is 5.97 Å². The second kappa shape index (κ2) is 14.9. The van der Waals surface area contributed by atoms with Crippen LogP contribution in [0.15, 0.2) is 54.6 Å². The Morgan fingerprint density at radius 3 is 2.18 bits per heavy atom. The largest absolute Gasteiger partial charge is 0.481 e. The Kier molecular flexibility index (Phi) is 12.3. The first kappa shape index (κ1) is 28.0. The van der Waals surface area contributed by atoms with Gasteiger partial charge in [-0.25, -0.2) is 12.8 Å². The minimum Gasteiger partial charge on any atom is -0.481 e. The first-order chi connectivity index (χ1) is 16.2. The van der Waals surface area contributed by atoms with Gasteiger partial charge < -0.3 is 9.84 Å². The molecule has 34 heavy (non-hydrogen) atoms. The van der Waals surface area contributed by atoms with Crippen molar-refractivity contribution < 1.29 is 27.4 Å². The van der Waals surface area contributed by atoms with Crippen LogP contribution < -0.4 is 0 Å². The fourth-order valence-corrected chi connectivity index (χ4v) is 5.25. The molecule has 7 heteroatoms. The van der Waals surface area contributed by atoms with Crippen molar-refractivity contribution in [3.05, 3.63) is 71.5 Å². The van der Waals surface area contributed by atoms with Crippen LogP contribution in [0, 0.1) is 5.82 Å². The van der Waals surface area contributed by atoms with Crippen LogP contribution in [0.2, 0.25) is 0 Å². The number of unbranched alkanes of at least 4 members (excludes halogenated alkanes) is 3. The average Bonchev–Trinajstić information content (AvgIpc) is 2.79. The highest BCUT2D eigenvalue weighted by molar-refractivity contribution is 7.91. The maximum absolute atomic E-state index is 13.3. The molecule has 0 aliphatic heterocycles. The van der Waals surface area contributed by atoms with Gasteiger partial charge in [-0.05, 0) is 61.8 Å². The van der Waals surface area contributed by atoms with Crippen LogP contribution in [-0.2, 0) is 32.4 Å². The number of halogens is 1. The van der Waals surface area contributed by atoms with Crippen LogP contribution in [0.25, 0.3) is 0 Å². The molecular formula is C27H37FO5S. The molecule has 0 aliphatic carbocycles. The highest BCUT2D eigenvalue weighted by atomic mass is 32.2. The van der Waals surface area contributed by atoms with Gasteiger partial charge in [0, 0.05) is 12.7 Å². The van der Waals surface area contributed by atoms with Crippen LogP contribution in [0.4, 0.5) is 4.39 Å². The van der Waals surface area contributed by atoms with E-state index in [9.17, 15) is 17.6 Å². The summed E-state index contributed by atoms with van der Waals surface area (Å²) in [5, 5.41) is 8.31. The van der Waals surface area contributed by atoms with Gasteiger partial charge in [0.25, 0.3) is 0 Å². The SMILES string of the molecule is CS(=O)(=O)C(CCCCCCC(=O)O)CCCC(Cc1ccc(F)cc1)OCc1ccccc1. The number of carboxylic acid groups (broad SMARTS) is 1. The van der Waals surface area contributed by atoms with Crippen molar-refractivity contribution in [1.82, 2.24) is 0 Å². The van der Waals surface area contributed by atoms with Gasteiger partial charge in [0.05, 0.1) is 18.0 Å². The lowest BCUT2D eigenvalue weighted by Crippen LogP contribution is -2.22. The van der Waals surface area contributed by atoms with Gasteiger partial charge in [-0.2, -0.15) is 0 Å². The van der Waals surface area contributed by atoms with Crippen LogP contribution in [0.5, 0.6) is 0 Å². The van der Waals surface area contributed by atoms with E-state index in [1.165, 1.54) is 18.4 Å². The number of carboxylic acids is 1. The van der Waals surface area contributed by atoms with Crippen molar-refractivity contribution in [2.75, 3.05) is 6.26 Å². The summed E-state index contributed by atoms with van der Waals surface area (Å²) in [5.41, 5.74) is 2.06. The number of rotatable bonds is 17. The molecule has 0 spiro atoms. The van der Waals surface area contributed by atoms with Crippen LogP contribution >= 0.6 is 0 Å². The standard InChI is InChI=1S/C27H37FO5S/c1-34(31,32)26(13-7-2-3-8-15-27(29)30)14-9-12-25(20-22-16-18-24(28)19-17-22)33-21-23-10-5-4-6-11-23/h4-6,10-11,16-19,25-26H,2-3,7-9,12-15,20-21H2,1H3,(H,29,30). The Hall–Kier alpha value is -2.25. The monoisotopic (exact) mass is 492 g/mol. The lowest BCUT2D eigenvalue weighted by molar-refractivity contribution is -0.137. The number of sulfone groups is 1. The minimum atomic E-state index is -3.16. The van der Waals surface area contributed by atoms with Crippen LogP contribution in [0.3, 0.4) is 0 Å². The Bertz CT molecular complexity index is 945. The van der Waals surface area contributed by atoms with E-state index in [1.807, 2.05) is 30.3 Å². The molecule has 0 saturated carbocycles. The molecular weight excluding hydrogens is 455 g/mol. The van der Waals surface area contributed by atoms with Crippen molar-refractivity contribution in [1.29, 1.82) is 0 Å². The molecule has 2 aromatic rings. The van der Waals surface area contributed by atoms with Crippen LogP contribution in [-0.4, -0.2) is 37.1 Å². The Morgan fingerprint density at radius 2 is 1.53 bits per heavy atom. The molecule has 2 aromatic carbocycles. The van der Waals surface area contributed by atoms with Gasteiger partial charge in [0.15, 0.2) is 0 Å². The van der Waals surface area contributed by atoms with Crippen molar-refractivity contribution in [3.63, 3.8) is 0 Å². The molecule has 0 bridgehead atoms. The van der Waals surface area contributed by atoms with Crippen molar-refractivity contribution in [2.24, 2.45) is 0 Å². The zero-order valence-corrected chi connectivity index (χ0v) is 20.8. The molecule has 0 aliphatic rings. The average molecular weight is 493 g/mol. The van der Waals surface area contributed by atoms with Gasteiger partial charge in [-0.15, -0.1) is 0 Å². The van der Waals surface area contributed by atoms with Gasteiger partial charge in [0.2, 0.25) is 0 Å². The van der Waals surface area contributed by atoms with E-state index in [2.05, 4.69) is 0 Å². The molecule has 2 rings (SSSR count). The summed E-state index contributed by atoms with van der Waals surface area (Å²) in [4.78, 5) is 10.6. The quantitative estimate of drug-likeness (QED) is 0.276. The number of ether oxygens (including phenoxy) is 1. The van der Waals surface area contributed by atoms with E-state index in [-0.39, 0.29) is 18.3 Å². The van der Waals surface area contributed by atoms with Crippen molar-refractivity contribution >= 4 is 15.8 Å². The summed E-state index contributed by atoms with van der Waals surface area (Å²) >= 11 is 0. The molecule has 0 amide bonds. The molecule has 0 fully saturated rings. The van der Waals surface area contributed by atoms with Crippen molar-refractivity contribution in [2.45, 2.75) is 82.2 Å². The fraction of sp³-hybridized carbons (Fsp3) is 0.519. The normalized spacial score (nSPS) is 13.5. The van der Waals surface area contributed by atoms with Gasteiger partial charge in [-0.1, -0.05) is 61.7 Å². The predicted molar refractivity (Wildman–Crippen MR) is 133 cm³/mol. The highest BCUT2D eigenvalue weighted by Gasteiger charge is 2.21. The Morgan fingerprint density at radius 1 is 0.882 bits per heavy atom. The molecule has 5 nitrogen and oxygen atoms in total. The van der Waals surface area contributed by atoms with E-state index >= 15 is 0 Å². The molecule has 2 unspecified atom stereocenters. The molecule has 188 valence electrons. The van der Waals surface area contributed by atoms with Crippen LogP contribution in [0.1, 0.15) is 68.9 Å². The van der Waals surface area contributed by atoms with E-state index in [0.717, 1.165) is 43.2 Å². The van der Waals surface area contributed by atoms with Crippen molar-refractivity contribution in [3.8, 4) is 0 Å². The lowest BCUT2D eigenvalue weighted by atomic mass is 10.0. The third-order valence-corrected chi connectivity index (χ3v) is 7.71. The lowest BCUT2D eigenvalue weighted by Gasteiger charge is -2.20. The number of aliphatic carboxylic acids is 1. The fourth-order valence-electron chi connectivity index (χ4n) is 4.06. The first-order valence-corrected chi connectivity index (χ1v) is 14.0.